The summed E-state index contributed by atoms with van der Waals surface area (Å²) in [6.45, 7) is 8.49. The highest BCUT2D eigenvalue weighted by molar-refractivity contribution is 4.81. The molecule has 0 fully saturated rings. The van der Waals surface area contributed by atoms with Crippen LogP contribution in [-0.4, -0.2) is 12.6 Å². The van der Waals surface area contributed by atoms with E-state index in [-0.39, 0.29) is 0 Å². The number of unbranched alkanes of at least 4 members (excludes halogenated alkanes) is 3. The second kappa shape index (κ2) is 12.4. The number of rotatable bonds is 9. The monoisotopic (exact) mass is 245 g/mol. The molecule has 0 aliphatic heterocycles. The third kappa shape index (κ3) is 7.77. The molecule has 0 bridgehead atoms. The first-order valence-electron chi connectivity index (χ1n) is 7.55. The number of hydrogen-bond donors (Lipinski definition) is 1. The fraction of sp³-hybridized carbons (Fsp3) is 1.00. The van der Waals surface area contributed by atoms with E-state index in [1.807, 2.05) is 13.8 Å². The first-order chi connectivity index (χ1) is 8.14. The van der Waals surface area contributed by atoms with E-state index >= 15 is 0 Å². The van der Waals surface area contributed by atoms with Crippen molar-refractivity contribution in [3.05, 3.63) is 0 Å². The molecular weight excluding hydrogens is 210 g/mol. The van der Waals surface area contributed by atoms with Crippen LogP contribution in [0.15, 0.2) is 0 Å². The first-order valence-corrected chi connectivity index (χ1v) is 7.55. The highest BCUT2D eigenvalue weighted by Crippen LogP contribution is 2.29. The highest BCUT2D eigenvalue weighted by Gasteiger charge is 2.21. The molecular formula is C15H35NO. The molecule has 1 unspecified atom stereocenters. The minimum absolute atomic E-state index is 0.393. The Morgan fingerprint density at radius 1 is 0.941 bits per heavy atom. The number of hydrogen-bond acceptors (Lipinski definition) is 1. The van der Waals surface area contributed by atoms with Crippen LogP contribution in [0.4, 0.5) is 0 Å². The van der Waals surface area contributed by atoms with Crippen molar-refractivity contribution in [1.29, 1.82) is 0 Å². The highest BCUT2D eigenvalue weighted by atomic mass is 16.3. The molecule has 17 heavy (non-hydrogen) atoms. The van der Waals surface area contributed by atoms with Gasteiger partial charge >= 0.3 is 0 Å². The van der Waals surface area contributed by atoms with Crippen LogP contribution in [0.1, 0.15) is 79.1 Å². The van der Waals surface area contributed by atoms with Gasteiger partial charge < -0.3 is 10.8 Å². The average Bonchev–Trinajstić information content (AvgIpc) is 2.40. The summed E-state index contributed by atoms with van der Waals surface area (Å²) in [5.74, 6) is 0.393. The smallest absolute Gasteiger partial charge is 0.0634 e. The maximum absolute atomic E-state index is 12.4. The predicted molar refractivity (Wildman–Crippen MR) is 74.7 cm³/mol. The number of quaternary nitrogens is 1. The molecule has 0 saturated heterocycles. The van der Waals surface area contributed by atoms with Gasteiger partial charge in [-0.15, -0.1) is 5.60 Å². The minimum Gasteiger partial charge on any atom is -0.849 e. The van der Waals surface area contributed by atoms with Crippen LogP contribution in [0.25, 0.3) is 0 Å². The van der Waals surface area contributed by atoms with Gasteiger partial charge in [0.25, 0.3) is 0 Å². The molecule has 0 amide bonds. The van der Waals surface area contributed by atoms with Gasteiger partial charge in [0.05, 0.1) is 7.05 Å². The van der Waals surface area contributed by atoms with Crippen molar-refractivity contribution in [1.82, 2.24) is 0 Å². The lowest BCUT2D eigenvalue weighted by molar-refractivity contribution is -0.495. The second-order valence-corrected chi connectivity index (χ2v) is 4.73. The summed E-state index contributed by atoms with van der Waals surface area (Å²) >= 11 is 0. The third-order valence-electron chi connectivity index (χ3n) is 3.84. The molecule has 3 N–H and O–H groups in total. The summed E-state index contributed by atoms with van der Waals surface area (Å²) in [5, 5.41) is 12.4. The van der Waals surface area contributed by atoms with E-state index in [0.717, 1.165) is 25.7 Å². The van der Waals surface area contributed by atoms with Crippen LogP contribution in [0.3, 0.4) is 0 Å². The van der Waals surface area contributed by atoms with Gasteiger partial charge in [-0.1, -0.05) is 85.0 Å². The van der Waals surface area contributed by atoms with Crippen LogP contribution >= 0.6 is 0 Å². The van der Waals surface area contributed by atoms with E-state index in [1.165, 1.54) is 25.7 Å². The SMILES string of the molecule is CCCCCCC(CC)C([O-])(CC)CC.C[NH3+]. The molecule has 0 aromatic heterocycles. The van der Waals surface area contributed by atoms with Gasteiger partial charge in [0.15, 0.2) is 0 Å². The topological polar surface area (TPSA) is 50.7 Å². The Kier molecular flexibility index (Phi) is 14.0. The lowest BCUT2D eigenvalue weighted by Gasteiger charge is -2.46. The van der Waals surface area contributed by atoms with Crippen LogP contribution < -0.4 is 10.8 Å². The molecule has 0 aromatic carbocycles. The Morgan fingerprint density at radius 2 is 1.47 bits per heavy atom. The molecule has 0 radical (unpaired) electrons. The maximum atomic E-state index is 12.4. The molecule has 0 aliphatic carbocycles. The standard InChI is InChI=1S/C14H29O.CH5N/c1-5-9-10-11-12-13(6-2)14(15,7-3)8-4;1-2/h13H,5-12H2,1-4H3;2H2,1H3/q-1;/p+1. The van der Waals surface area contributed by atoms with Crippen molar-refractivity contribution in [2.24, 2.45) is 5.92 Å². The van der Waals surface area contributed by atoms with Crippen molar-refractivity contribution in [2.45, 2.75) is 84.7 Å². The Labute approximate surface area is 109 Å². The zero-order valence-corrected chi connectivity index (χ0v) is 12.8. The minimum atomic E-state index is -0.652. The summed E-state index contributed by atoms with van der Waals surface area (Å²) in [4.78, 5) is 0. The molecule has 2 heteroatoms. The molecule has 1 atom stereocenters. The normalized spacial score (nSPS) is 12.9. The second-order valence-electron chi connectivity index (χ2n) is 4.73. The lowest BCUT2D eigenvalue weighted by Crippen LogP contribution is -2.49. The molecule has 0 spiro atoms. The summed E-state index contributed by atoms with van der Waals surface area (Å²) in [5.41, 5.74) is 2.60. The van der Waals surface area contributed by atoms with Gasteiger partial charge in [-0.2, -0.15) is 0 Å². The van der Waals surface area contributed by atoms with Gasteiger partial charge in [0.2, 0.25) is 0 Å². The van der Waals surface area contributed by atoms with Crippen molar-refractivity contribution in [2.75, 3.05) is 7.05 Å². The van der Waals surface area contributed by atoms with Gasteiger partial charge in [-0.3, -0.25) is 0 Å². The zero-order valence-electron chi connectivity index (χ0n) is 12.8. The predicted octanol–water partition coefficient (Wildman–Crippen LogP) is 2.76. The molecule has 2 nitrogen and oxygen atoms in total. The molecule has 0 saturated carbocycles. The van der Waals surface area contributed by atoms with Crippen molar-refractivity contribution >= 4 is 0 Å². The fourth-order valence-electron chi connectivity index (χ4n) is 2.48. The Bertz CT molecular complexity index is 144. The maximum Gasteiger partial charge on any atom is 0.0634 e. The van der Waals surface area contributed by atoms with E-state index in [4.69, 9.17) is 0 Å². The van der Waals surface area contributed by atoms with Crippen molar-refractivity contribution in [3.63, 3.8) is 0 Å². The van der Waals surface area contributed by atoms with Gasteiger partial charge in [-0.25, -0.2) is 0 Å². The van der Waals surface area contributed by atoms with Crippen molar-refractivity contribution < 1.29 is 10.8 Å². The fourth-order valence-corrected chi connectivity index (χ4v) is 2.48. The summed E-state index contributed by atoms with van der Waals surface area (Å²) in [6.07, 6.45) is 8.92. The lowest BCUT2D eigenvalue weighted by atomic mass is 9.78. The van der Waals surface area contributed by atoms with E-state index in [9.17, 15) is 5.11 Å². The van der Waals surface area contributed by atoms with E-state index in [1.54, 1.807) is 7.05 Å². The van der Waals surface area contributed by atoms with E-state index in [2.05, 4.69) is 19.6 Å². The Morgan fingerprint density at radius 3 is 1.82 bits per heavy atom. The Hall–Kier alpha value is -0.0800. The van der Waals surface area contributed by atoms with E-state index < -0.39 is 5.60 Å². The summed E-state index contributed by atoms with van der Waals surface area (Å²) < 4.78 is 0. The van der Waals surface area contributed by atoms with Crippen LogP contribution in [0, 0.1) is 5.92 Å². The zero-order chi connectivity index (χ0) is 13.7. The molecule has 0 rings (SSSR count). The quantitative estimate of drug-likeness (QED) is 0.624. The van der Waals surface area contributed by atoms with Crippen LogP contribution in [0.5, 0.6) is 0 Å². The molecule has 0 aliphatic rings. The Balaban J connectivity index is 0. The van der Waals surface area contributed by atoms with E-state index in [0.29, 0.717) is 5.92 Å². The molecule has 106 valence electrons. The summed E-state index contributed by atoms with van der Waals surface area (Å²) in [6, 6.07) is 0. The first kappa shape index (κ1) is 19.3. The van der Waals surface area contributed by atoms with Crippen LogP contribution in [-0.2, 0) is 0 Å². The molecule has 0 heterocycles. The largest absolute Gasteiger partial charge is 0.849 e. The van der Waals surface area contributed by atoms with Crippen molar-refractivity contribution in [3.8, 4) is 0 Å². The van der Waals surface area contributed by atoms with Crippen LogP contribution in [0.2, 0.25) is 0 Å². The van der Waals surface area contributed by atoms with Gasteiger partial charge in [0, 0.05) is 0 Å². The van der Waals surface area contributed by atoms with Gasteiger partial charge in [0.1, 0.15) is 0 Å². The summed E-state index contributed by atoms with van der Waals surface area (Å²) in [7, 11) is 1.75. The molecule has 0 aromatic rings. The third-order valence-corrected chi connectivity index (χ3v) is 3.84. The average molecular weight is 245 g/mol. The van der Waals surface area contributed by atoms with Gasteiger partial charge in [-0.05, 0) is 0 Å².